The second kappa shape index (κ2) is 4.01. The van der Waals surface area contributed by atoms with Crippen molar-refractivity contribution < 1.29 is 5.11 Å². The molecule has 0 saturated carbocycles. The molecule has 2 N–H and O–H groups in total. The van der Waals surface area contributed by atoms with Crippen LogP contribution in [0.1, 0.15) is 25.5 Å². The average molecular weight is 244 g/mol. The van der Waals surface area contributed by atoms with Gasteiger partial charge in [0.2, 0.25) is 5.88 Å². The topological polar surface area (TPSA) is 63.0 Å². The van der Waals surface area contributed by atoms with Gasteiger partial charge in [0.25, 0.3) is 0 Å². The van der Waals surface area contributed by atoms with Crippen molar-refractivity contribution in [2.24, 2.45) is 0 Å². The zero-order chi connectivity index (χ0) is 12.7. The Morgan fingerprint density at radius 2 is 2.28 bits per heavy atom. The van der Waals surface area contributed by atoms with Gasteiger partial charge in [-0.05, 0) is 32.4 Å². The van der Waals surface area contributed by atoms with Crippen LogP contribution in [0, 0.1) is 0 Å². The minimum Gasteiger partial charge on any atom is -0.493 e. The number of nitrogens with one attached hydrogen (secondary N) is 1. The van der Waals surface area contributed by atoms with E-state index in [9.17, 15) is 5.11 Å². The van der Waals surface area contributed by atoms with Gasteiger partial charge in [-0.15, -0.1) is 0 Å². The third-order valence-corrected chi connectivity index (χ3v) is 3.20. The van der Waals surface area contributed by atoms with Gasteiger partial charge in [-0.3, -0.25) is 0 Å². The molecular formula is C13H16N4O. The van der Waals surface area contributed by atoms with E-state index < -0.39 is 0 Å². The molecule has 5 nitrogen and oxygen atoms in total. The molecule has 0 fully saturated rings. The van der Waals surface area contributed by atoms with Gasteiger partial charge in [-0.2, -0.15) is 5.10 Å². The zero-order valence-corrected chi connectivity index (χ0v) is 10.5. The molecule has 0 aliphatic carbocycles. The van der Waals surface area contributed by atoms with E-state index in [4.69, 9.17) is 0 Å². The fourth-order valence-electron chi connectivity index (χ4n) is 2.31. The molecule has 0 aromatic carbocycles. The molecule has 5 heteroatoms. The molecule has 94 valence electrons. The summed E-state index contributed by atoms with van der Waals surface area (Å²) < 4.78 is 1.67. The van der Waals surface area contributed by atoms with Crippen LogP contribution in [0.2, 0.25) is 0 Å². The van der Waals surface area contributed by atoms with E-state index in [2.05, 4.69) is 15.4 Å². The van der Waals surface area contributed by atoms with Gasteiger partial charge in [-0.25, -0.2) is 9.67 Å². The molecule has 3 heterocycles. The van der Waals surface area contributed by atoms with Gasteiger partial charge in [0, 0.05) is 23.9 Å². The maximum atomic E-state index is 10.2. The number of pyridine rings is 1. The van der Waals surface area contributed by atoms with E-state index in [0.29, 0.717) is 0 Å². The predicted molar refractivity (Wildman–Crippen MR) is 69.7 cm³/mol. The van der Waals surface area contributed by atoms with Gasteiger partial charge in [0.1, 0.15) is 11.5 Å². The highest BCUT2D eigenvalue weighted by atomic mass is 16.3. The molecule has 0 radical (unpaired) electrons. The lowest BCUT2D eigenvalue weighted by Gasteiger charge is -2.08. The molecule has 2 aromatic rings. The molecule has 1 aliphatic rings. The summed E-state index contributed by atoms with van der Waals surface area (Å²) >= 11 is 0. The number of hydrogen-bond donors (Lipinski definition) is 2. The van der Waals surface area contributed by atoms with Crippen molar-refractivity contribution in [3.63, 3.8) is 0 Å². The van der Waals surface area contributed by atoms with Crippen LogP contribution in [-0.4, -0.2) is 26.4 Å². The predicted octanol–water partition coefficient (Wildman–Crippen LogP) is 2.20. The number of aromatic hydroxyl groups is 1. The van der Waals surface area contributed by atoms with Crippen molar-refractivity contribution in [2.75, 3.05) is 11.9 Å². The molecule has 0 saturated heterocycles. The number of nitrogens with zero attached hydrogens (tertiary/aromatic N) is 3. The molecule has 2 aromatic heterocycles. The quantitative estimate of drug-likeness (QED) is 0.807. The lowest BCUT2D eigenvalue weighted by Crippen LogP contribution is -2.06. The van der Waals surface area contributed by atoms with E-state index in [1.54, 1.807) is 10.9 Å². The second-order valence-corrected chi connectivity index (χ2v) is 4.77. The minimum atomic E-state index is 0.144. The Morgan fingerprint density at radius 3 is 3.06 bits per heavy atom. The largest absolute Gasteiger partial charge is 0.493 e. The number of rotatable bonds is 1. The van der Waals surface area contributed by atoms with Crippen molar-refractivity contribution in [1.29, 1.82) is 0 Å². The van der Waals surface area contributed by atoms with E-state index in [0.717, 1.165) is 35.6 Å². The summed E-state index contributed by atoms with van der Waals surface area (Å²) in [4.78, 5) is 4.32. The fourth-order valence-corrected chi connectivity index (χ4v) is 2.31. The van der Waals surface area contributed by atoms with Crippen LogP contribution in [0.3, 0.4) is 0 Å². The molecule has 18 heavy (non-hydrogen) atoms. The molecule has 1 aliphatic heterocycles. The summed E-state index contributed by atoms with van der Waals surface area (Å²) in [5, 5.41) is 18.0. The molecule has 0 unspecified atom stereocenters. The Balaban J connectivity index is 2.24. The van der Waals surface area contributed by atoms with E-state index in [-0.39, 0.29) is 11.9 Å². The number of hydrogen-bond acceptors (Lipinski definition) is 4. The highest BCUT2D eigenvalue weighted by Gasteiger charge is 2.24. The monoisotopic (exact) mass is 244 g/mol. The summed E-state index contributed by atoms with van der Waals surface area (Å²) in [6.07, 6.45) is 2.51. The van der Waals surface area contributed by atoms with Crippen molar-refractivity contribution in [3.05, 3.63) is 23.9 Å². The molecule has 0 spiro atoms. The highest BCUT2D eigenvalue weighted by molar-refractivity contribution is 5.77. The van der Waals surface area contributed by atoms with E-state index >= 15 is 0 Å². The van der Waals surface area contributed by atoms with Gasteiger partial charge in [0.05, 0.1) is 6.04 Å². The van der Waals surface area contributed by atoms with E-state index in [1.165, 1.54) is 0 Å². The van der Waals surface area contributed by atoms with Crippen LogP contribution < -0.4 is 5.32 Å². The smallest absolute Gasteiger partial charge is 0.213 e. The summed E-state index contributed by atoms with van der Waals surface area (Å²) in [6.45, 7) is 4.78. The van der Waals surface area contributed by atoms with Crippen molar-refractivity contribution in [2.45, 2.75) is 26.3 Å². The summed E-state index contributed by atoms with van der Waals surface area (Å²) in [5.41, 5.74) is 2.71. The first-order valence-corrected chi connectivity index (χ1v) is 6.18. The van der Waals surface area contributed by atoms with Gasteiger partial charge < -0.3 is 10.4 Å². The lowest BCUT2D eigenvalue weighted by atomic mass is 10.1. The number of aromatic nitrogens is 3. The number of anilines is 1. The second-order valence-electron chi connectivity index (χ2n) is 4.77. The Hall–Kier alpha value is -2.04. The Bertz CT molecular complexity index is 589. The SMILES string of the molecule is CC(C)n1nc2c(c1O)CCNc1ncccc1-2. The fraction of sp³-hybridized carbons (Fsp3) is 0.385. The van der Waals surface area contributed by atoms with Crippen LogP contribution in [0.5, 0.6) is 5.88 Å². The summed E-state index contributed by atoms with van der Waals surface area (Å²) in [6, 6.07) is 4.02. The van der Waals surface area contributed by atoms with Crippen LogP contribution >= 0.6 is 0 Å². The zero-order valence-electron chi connectivity index (χ0n) is 10.5. The van der Waals surface area contributed by atoms with Gasteiger partial charge in [-0.1, -0.05) is 0 Å². The standard InChI is InChI=1S/C13H16N4O/c1-8(2)17-13(18)10-5-7-15-12-9(11(10)16-17)4-3-6-14-12/h3-4,6,8,18H,5,7H2,1-2H3,(H,14,15). The van der Waals surface area contributed by atoms with Gasteiger partial charge >= 0.3 is 0 Å². The van der Waals surface area contributed by atoms with Crippen LogP contribution in [-0.2, 0) is 6.42 Å². The molecule has 0 bridgehead atoms. The first-order valence-electron chi connectivity index (χ1n) is 6.18. The Kier molecular flexibility index (Phi) is 2.47. The number of fused-ring (bicyclic) bond motifs is 3. The first kappa shape index (κ1) is 11.1. The van der Waals surface area contributed by atoms with Crippen LogP contribution in [0.25, 0.3) is 11.3 Å². The van der Waals surface area contributed by atoms with Gasteiger partial charge in [0.15, 0.2) is 0 Å². The van der Waals surface area contributed by atoms with Crippen molar-refractivity contribution in [1.82, 2.24) is 14.8 Å². The Morgan fingerprint density at radius 1 is 1.44 bits per heavy atom. The molecule has 0 amide bonds. The van der Waals surface area contributed by atoms with Crippen molar-refractivity contribution in [3.8, 4) is 17.1 Å². The average Bonchev–Trinajstić information content (AvgIpc) is 2.57. The maximum absolute atomic E-state index is 10.2. The minimum absolute atomic E-state index is 0.144. The summed E-state index contributed by atoms with van der Waals surface area (Å²) in [5.74, 6) is 1.11. The van der Waals surface area contributed by atoms with Crippen LogP contribution in [0.15, 0.2) is 18.3 Å². The van der Waals surface area contributed by atoms with Crippen molar-refractivity contribution >= 4 is 5.82 Å². The van der Waals surface area contributed by atoms with E-state index in [1.807, 2.05) is 26.0 Å². The lowest BCUT2D eigenvalue weighted by molar-refractivity contribution is 0.374. The molecule has 3 rings (SSSR count). The Labute approximate surface area is 105 Å². The maximum Gasteiger partial charge on any atom is 0.213 e. The summed E-state index contributed by atoms with van der Waals surface area (Å²) in [7, 11) is 0. The molecular weight excluding hydrogens is 228 g/mol. The van der Waals surface area contributed by atoms with Crippen LogP contribution in [0.4, 0.5) is 5.82 Å². The third-order valence-electron chi connectivity index (χ3n) is 3.20. The first-order chi connectivity index (χ1) is 8.68. The highest BCUT2D eigenvalue weighted by Crippen LogP contribution is 2.36. The third kappa shape index (κ3) is 1.54. The normalized spacial score (nSPS) is 13.7. The molecule has 0 atom stereocenters.